The van der Waals surface area contributed by atoms with E-state index >= 15 is 0 Å². The van der Waals surface area contributed by atoms with Gasteiger partial charge in [0.2, 0.25) is 5.95 Å². The molecule has 3 heterocycles. The third-order valence-corrected chi connectivity index (χ3v) is 3.65. The predicted octanol–water partition coefficient (Wildman–Crippen LogP) is 0.973. The Morgan fingerprint density at radius 3 is 2.88 bits per heavy atom. The summed E-state index contributed by atoms with van der Waals surface area (Å²) in [7, 11) is 0. The Bertz CT molecular complexity index is 348. The topological polar surface area (TPSA) is 41.1 Å². The average molecular weight is 218 g/mol. The third kappa shape index (κ3) is 1.78. The SMILES string of the molecule is Cc1cnc(N2C[C@@H]3CCCN[C@@H]3C2)nc1. The summed E-state index contributed by atoms with van der Waals surface area (Å²) in [5.41, 5.74) is 1.12. The van der Waals surface area contributed by atoms with Gasteiger partial charge in [-0.25, -0.2) is 9.97 Å². The second-order valence-electron chi connectivity index (χ2n) is 4.93. The van der Waals surface area contributed by atoms with Crippen molar-refractivity contribution < 1.29 is 0 Å². The molecule has 1 N–H and O–H groups in total. The normalized spacial score (nSPS) is 29.2. The van der Waals surface area contributed by atoms with Gasteiger partial charge < -0.3 is 10.2 Å². The van der Waals surface area contributed by atoms with Crippen LogP contribution >= 0.6 is 0 Å². The van der Waals surface area contributed by atoms with Crippen molar-refractivity contribution in [2.75, 3.05) is 24.5 Å². The molecule has 16 heavy (non-hydrogen) atoms. The number of piperidine rings is 1. The van der Waals surface area contributed by atoms with Crippen LogP contribution in [0, 0.1) is 12.8 Å². The van der Waals surface area contributed by atoms with Crippen LogP contribution in [0.25, 0.3) is 0 Å². The van der Waals surface area contributed by atoms with Crippen LogP contribution in [0.15, 0.2) is 12.4 Å². The summed E-state index contributed by atoms with van der Waals surface area (Å²) in [5.74, 6) is 1.68. The summed E-state index contributed by atoms with van der Waals surface area (Å²) >= 11 is 0. The first-order chi connectivity index (χ1) is 7.83. The smallest absolute Gasteiger partial charge is 0.225 e. The molecule has 2 aliphatic heterocycles. The van der Waals surface area contributed by atoms with Gasteiger partial charge in [0.05, 0.1) is 0 Å². The summed E-state index contributed by atoms with van der Waals surface area (Å²) in [5, 5.41) is 3.59. The summed E-state index contributed by atoms with van der Waals surface area (Å²) in [6, 6.07) is 0.652. The van der Waals surface area contributed by atoms with Crippen molar-refractivity contribution in [3.05, 3.63) is 18.0 Å². The number of hydrogen-bond acceptors (Lipinski definition) is 4. The molecule has 4 nitrogen and oxygen atoms in total. The van der Waals surface area contributed by atoms with Gasteiger partial charge in [0, 0.05) is 31.5 Å². The Hall–Kier alpha value is -1.16. The average Bonchev–Trinajstić information content (AvgIpc) is 2.73. The van der Waals surface area contributed by atoms with E-state index in [0.717, 1.165) is 30.5 Å². The van der Waals surface area contributed by atoms with Gasteiger partial charge in [0.1, 0.15) is 0 Å². The molecule has 2 aliphatic rings. The number of fused-ring (bicyclic) bond motifs is 1. The molecule has 0 radical (unpaired) electrons. The lowest BCUT2D eigenvalue weighted by Crippen LogP contribution is -2.40. The predicted molar refractivity (Wildman–Crippen MR) is 63.5 cm³/mol. The molecule has 0 spiro atoms. The largest absolute Gasteiger partial charge is 0.339 e. The maximum Gasteiger partial charge on any atom is 0.225 e. The van der Waals surface area contributed by atoms with E-state index in [1.54, 1.807) is 0 Å². The van der Waals surface area contributed by atoms with Gasteiger partial charge in [-0.05, 0) is 37.8 Å². The fourth-order valence-corrected chi connectivity index (χ4v) is 2.76. The van der Waals surface area contributed by atoms with Crippen molar-refractivity contribution in [2.45, 2.75) is 25.8 Å². The maximum absolute atomic E-state index is 4.41. The number of nitrogens with zero attached hydrogens (tertiary/aromatic N) is 3. The molecular formula is C12H18N4. The van der Waals surface area contributed by atoms with Gasteiger partial charge in [-0.2, -0.15) is 0 Å². The van der Waals surface area contributed by atoms with Crippen molar-refractivity contribution in [1.29, 1.82) is 0 Å². The minimum atomic E-state index is 0.652. The zero-order chi connectivity index (χ0) is 11.0. The lowest BCUT2D eigenvalue weighted by molar-refractivity contribution is 0.340. The first kappa shape index (κ1) is 10.0. The number of anilines is 1. The van der Waals surface area contributed by atoms with Crippen LogP contribution in [-0.4, -0.2) is 35.6 Å². The fraction of sp³-hybridized carbons (Fsp3) is 0.667. The van der Waals surface area contributed by atoms with Crippen LogP contribution in [0.5, 0.6) is 0 Å². The van der Waals surface area contributed by atoms with E-state index in [1.165, 1.54) is 19.4 Å². The molecule has 2 atom stereocenters. The second-order valence-corrected chi connectivity index (χ2v) is 4.93. The minimum absolute atomic E-state index is 0.652. The summed E-state index contributed by atoms with van der Waals surface area (Å²) < 4.78 is 0. The van der Waals surface area contributed by atoms with Gasteiger partial charge in [-0.1, -0.05) is 0 Å². The van der Waals surface area contributed by atoms with E-state index in [0.29, 0.717) is 6.04 Å². The molecule has 2 fully saturated rings. The van der Waals surface area contributed by atoms with E-state index in [-0.39, 0.29) is 0 Å². The molecule has 1 aromatic rings. The van der Waals surface area contributed by atoms with Crippen molar-refractivity contribution >= 4 is 5.95 Å². The Labute approximate surface area is 96.1 Å². The summed E-state index contributed by atoms with van der Waals surface area (Å²) in [6.45, 7) is 5.37. The lowest BCUT2D eigenvalue weighted by Gasteiger charge is -2.24. The van der Waals surface area contributed by atoms with E-state index in [2.05, 4.69) is 20.2 Å². The van der Waals surface area contributed by atoms with Gasteiger partial charge in [0.25, 0.3) is 0 Å². The highest BCUT2D eigenvalue weighted by Crippen LogP contribution is 2.26. The van der Waals surface area contributed by atoms with E-state index in [9.17, 15) is 0 Å². The number of aromatic nitrogens is 2. The van der Waals surface area contributed by atoms with E-state index < -0.39 is 0 Å². The molecule has 2 saturated heterocycles. The number of nitrogens with one attached hydrogen (secondary N) is 1. The Morgan fingerprint density at radius 2 is 2.12 bits per heavy atom. The first-order valence-electron chi connectivity index (χ1n) is 6.10. The molecule has 0 amide bonds. The zero-order valence-electron chi connectivity index (χ0n) is 9.69. The molecule has 0 aromatic carbocycles. The fourth-order valence-electron chi connectivity index (χ4n) is 2.76. The zero-order valence-corrected chi connectivity index (χ0v) is 9.69. The molecule has 1 aromatic heterocycles. The molecule has 0 saturated carbocycles. The number of aryl methyl sites for hydroxylation is 1. The van der Waals surface area contributed by atoms with Crippen LogP contribution in [0.3, 0.4) is 0 Å². The van der Waals surface area contributed by atoms with Gasteiger partial charge >= 0.3 is 0 Å². The summed E-state index contributed by atoms with van der Waals surface area (Å²) in [4.78, 5) is 11.1. The highest BCUT2D eigenvalue weighted by molar-refractivity contribution is 5.33. The van der Waals surface area contributed by atoms with E-state index in [4.69, 9.17) is 0 Å². The van der Waals surface area contributed by atoms with Crippen molar-refractivity contribution in [3.8, 4) is 0 Å². The van der Waals surface area contributed by atoms with Crippen molar-refractivity contribution in [2.24, 2.45) is 5.92 Å². The monoisotopic (exact) mass is 218 g/mol. The second kappa shape index (κ2) is 4.01. The van der Waals surface area contributed by atoms with Gasteiger partial charge in [-0.15, -0.1) is 0 Å². The van der Waals surface area contributed by atoms with Gasteiger partial charge in [-0.3, -0.25) is 0 Å². The van der Waals surface area contributed by atoms with Crippen LogP contribution in [0.2, 0.25) is 0 Å². The van der Waals surface area contributed by atoms with Gasteiger partial charge in [0.15, 0.2) is 0 Å². The standard InChI is InChI=1S/C12H18N4/c1-9-5-14-12(15-6-9)16-7-10-3-2-4-13-11(10)8-16/h5-6,10-11,13H,2-4,7-8H2,1H3/t10-,11+/m0/s1. The third-order valence-electron chi connectivity index (χ3n) is 3.65. The minimum Gasteiger partial charge on any atom is -0.339 e. The molecule has 0 aliphatic carbocycles. The molecule has 0 bridgehead atoms. The van der Waals surface area contributed by atoms with Crippen LogP contribution in [-0.2, 0) is 0 Å². The lowest BCUT2D eigenvalue weighted by atomic mass is 9.94. The van der Waals surface area contributed by atoms with Crippen LogP contribution in [0.4, 0.5) is 5.95 Å². The molecule has 0 unspecified atom stereocenters. The molecular weight excluding hydrogens is 200 g/mol. The number of hydrogen-bond donors (Lipinski definition) is 1. The Kier molecular flexibility index (Phi) is 2.52. The van der Waals surface area contributed by atoms with E-state index in [1.807, 2.05) is 19.3 Å². The molecule has 86 valence electrons. The Morgan fingerprint density at radius 1 is 1.31 bits per heavy atom. The highest BCUT2D eigenvalue weighted by Gasteiger charge is 2.35. The highest BCUT2D eigenvalue weighted by atomic mass is 15.3. The maximum atomic E-state index is 4.41. The summed E-state index contributed by atoms with van der Waals surface area (Å²) in [6.07, 6.45) is 6.46. The Balaban J connectivity index is 1.75. The van der Waals surface area contributed by atoms with Crippen molar-refractivity contribution in [3.63, 3.8) is 0 Å². The quantitative estimate of drug-likeness (QED) is 0.762. The van der Waals surface area contributed by atoms with Crippen molar-refractivity contribution in [1.82, 2.24) is 15.3 Å². The van der Waals surface area contributed by atoms with Crippen LogP contribution in [0.1, 0.15) is 18.4 Å². The van der Waals surface area contributed by atoms with Crippen LogP contribution < -0.4 is 10.2 Å². The first-order valence-corrected chi connectivity index (χ1v) is 6.10. The molecule has 4 heteroatoms. The number of rotatable bonds is 1. The molecule has 3 rings (SSSR count).